The molecule has 0 N–H and O–H groups in total. The summed E-state index contributed by atoms with van der Waals surface area (Å²) in [6.45, 7) is 2.50. The number of rotatable bonds is 7. The van der Waals surface area contributed by atoms with Crippen molar-refractivity contribution in [3.05, 3.63) is 33.3 Å². The Bertz CT molecular complexity index is 414. The van der Waals surface area contributed by atoms with Crippen molar-refractivity contribution in [3.8, 4) is 5.75 Å². The van der Waals surface area contributed by atoms with Crippen molar-refractivity contribution in [1.29, 1.82) is 0 Å². The normalized spacial score (nSPS) is 12.2. The van der Waals surface area contributed by atoms with Gasteiger partial charge in [-0.1, -0.05) is 24.9 Å². The number of nitro groups is 1. The first kappa shape index (κ1) is 15.1. The Morgan fingerprint density at radius 3 is 2.83 bits per heavy atom. The molecule has 0 aliphatic rings. The van der Waals surface area contributed by atoms with Crippen molar-refractivity contribution in [2.24, 2.45) is 5.92 Å². The maximum Gasteiger partial charge on any atom is 0.311 e. The van der Waals surface area contributed by atoms with Gasteiger partial charge in [-0.25, -0.2) is 0 Å². The molecule has 1 unspecified atom stereocenters. The van der Waals surface area contributed by atoms with E-state index in [1.54, 1.807) is 0 Å². The van der Waals surface area contributed by atoms with Gasteiger partial charge in [-0.15, -0.1) is 0 Å². The SMILES string of the molecule is CCCC(CS)COc1cc(Cl)ccc1[N+](=O)[O-]. The largest absolute Gasteiger partial charge is 0.486 e. The van der Waals surface area contributed by atoms with Gasteiger partial charge in [-0.05, 0) is 18.2 Å². The first-order chi connectivity index (χ1) is 8.58. The van der Waals surface area contributed by atoms with Crippen LogP contribution in [0.4, 0.5) is 5.69 Å². The third kappa shape index (κ3) is 4.38. The average molecular weight is 290 g/mol. The molecule has 0 fully saturated rings. The lowest BCUT2D eigenvalue weighted by Crippen LogP contribution is -2.14. The van der Waals surface area contributed by atoms with Crippen molar-refractivity contribution in [1.82, 2.24) is 0 Å². The highest BCUT2D eigenvalue weighted by molar-refractivity contribution is 7.80. The van der Waals surface area contributed by atoms with Crippen LogP contribution in [0.3, 0.4) is 0 Å². The van der Waals surface area contributed by atoms with Gasteiger partial charge < -0.3 is 4.74 Å². The molecule has 1 rings (SSSR count). The summed E-state index contributed by atoms with van der Waals surface area (Å²) in [6.07, 6.45) is 2.02. The Morgan fingerprint density at radius 2 is 2.28 bits per heavy atom. The number of hydrogen-bond acceptors (Lipinski definition) is 4. The first-order valence-electron chi connectivity index (χ1n) is 5.76. The first-order valence-corrected chi connectivity index (χ1v) is 6.77. The molecule has 0 aliphatic heterocycles. The summed E-state index contributed by atoms with van der Waals surface area (Å²) in [5.74, 6) is 1.20. The number of nitrogens with zero attached hydrogens (tertiary/aromatic N) is 1. The molecular weight excluding hydrogens is 274 g/mol. The van der Waals surface area contributed by atoms with Gasteiger partial charge in [0, 0.05) is 23.1 Å². The van der Waals surface area contributed by atoms with Crippen LogP contribution in [0.2, 0.25) is 5.02 Å². The average Bonchev–Trinajstić information content (AvgIpc) is 2.34. The third-order valence-electron chi connectivity index (χ3n) is 2.55. The van der Waals surface area contributed by atoms with Gasteiger partial charge in [-0.3, -0.25) is 10.1 Å². The zero-order valence-corrected chi connectivity index (χ0v) is 11.8. The van der Waals surface area contributed by atoms with E-state index >= 15 is 0 Å². The van der Waals surface area contributed by atoms with E-state index in [1.165, 1.54) is 18.2 Å². The van der Waals surface area contributed by atoms with Crippen LogP contribution < -0.4 is 4.74 Å². The minimum absolute atomic E-state index is 0.0613. The van der Waals surface area contributed by atoms with Crippen LogP contribution in [0.1, 0.15) is 19.8 Å². The molecule has 1 aromatic rings. The monoisotopic (exact) mass is 289 g/mol. The van der Waals surface area contributed by atoms with Gasteiger partial charge in [0.1, 0.15) is 0 Å². The maximum atomic E-state index is 10.8. The van der Waals surface area contributed by atoms with Gasteiger partial charge in [0.2, 0.25) is 0 Å². The Kier molecular flexibility index (Phi) is 6.29. The molecule has 1 atom stereocenters. The van der Waals surface area contributed by atoms with Crippen LogP contribution in [-0.2, 0) is 0 Å². The molecule has 0 bridgehead atoms. The van der Waals surface area contributed by atoms with E-state index in [9.17, 15) is 10.1 Å². The highest BCUT2D eigenvalue weighted by atomic mass is 35.5. The Hall–Kier alpha value is -0.940. The number of hydrogen-bond donors (Lipinski definition) is 1. The lowest BCUT2D eigenvalue weighted by molar-refractivity contribution is -0.385. The molecule has 100 valence electrons. The number of halogens is 1. The summed E-state index contributed by atoms with van der Waals surface area (Å²) in [7, 11) is 0. The molecule has 1 aromatic carbocycles. The van der Waals surface area contributed by atoms with Crippen molar-refractivity contribution in [2.75, 3.05) is 12.4 Å². The second-order valence-corrected chi connectivity index (χ2v) is 4.82. The summed E-state index contributed by atoms with van der Waals surface area (Å²) in [5, 5.41) is 11.3. The fourth-order valence-electron chi connectivity index (χ4n) is 1.60. The number of ether oxygens (including phenoxy) is 1. The molecule has 0 saturated carbocycles. The Balaban J connectivity index is 2.76. The second-order valence-electron chi connectivity index (χ2n) is 4.02. The van der Waals surface area contributed by atoms with E-state index in [0.717, 1.165) is 12.8 Å². The molecule has 0 saturated heterocycles. The summed E-state index contributed by atoms with van der Waals surface area (Å²) in [5.41, 5.74) is -0.0613. The standard InChI is InChI=1S/C12H16ClNO3S/c1-2-3-9(8-18)7-17-12-6-10(13)4-5-11(12)14(15)16/h4-6,9,18H,2-3,7-8H2,1H3. The predicted octanol–water partition coefficient (Wildman–Crippen LogP) is 3.97. The number of thiol groups is 1. The van der Waals surface area contributed by atoms with Gasteiger partial charge in [0.15, 0.2) is 5.75 Å². The summed E-state index contributed by atoms with van der Waals surface area (Å²) >= 11 is 10.1. The van der Waals surface area contributed by atoms with E-state index in [0.29, 0.717) is 17.4 Å². The summed E-state index contributed by atoms with van der Waals surface area (Å²) in [6, 6.07) is 4.31. The fraction of sp³-hybridized carbons (Fsp3) is 0.500. The smallest absolute Gasteiger partial charge is 0.311 e. The summed E-state index contributed by atoms with van der Waals surface area (Å²) in [4.78, 5) is 10.4. The van der Waals surface area contributed by atoms with E-state index in [4.69, 9.17) is 16.3 Å². The molecular formula is C12H16ClNO3S. The summed E-state index contributed by atoms with van der Waals surface area (Å²) < 4.78 is 5.51. The van der Waals surface area contributed by atoms with Gasteiger partial charge >= 0.3 is 5.69 Å². The van der Waals surface area contributed by atoms with Crippen LogP contribution in [0, 0.1) is 16.0 Å². The second kappa shape index (κ2) is 7.48. The number of benzene rings is 1. The number of nitro benzene ring substituents is 1. The molecule has 6 heteroatoms. The van der Waals surface area contributed by atoms with Crippen LogP contribution in [-0.4, -0.2) is 17.3 Å². The highest BCUT2D eigenvalue weighted by Gasteiger charge is 2.16. The van der Waals surface area contributed by atoms with E-state index < -0.39 is 4.92 Å². The van der Waals surface area contributed by atoms with Crippen LogP contribution in [0.25, 0.3) is 0 Å². The Labute approximate surface area is 117 Å². The lowest BCUT2D eigenvalue weighted by Gasteiger charge is -2.14. The van der Waals surface area contributed by atoms with E-state index in [2.05, 4.69) is 19.6 Å². The molecule has 18 heavy (non-hydrogen) atoms. The van der Waals surface area contributed by atoms with E-state index in [-0.39, 0.29) is 17.4 Å². The lowest BCUT2D eigenvalue weighted by atomic mass is 10.1. The van der Waals surface area contributed by atoms with Crippen molar-refractivity contribution < 1.29 is 9.66 Å². The van der Waals surface area contributed by atoms with Gasteiger partial charge in [-0.2, -0.15) is 12.6 Å². The topological polar surface area (TPSA) is 52.4 Å². The molecule has 0 spiro atoms. The van der Waals surface area contributed by atoms with E-state index in [1.807, 2.05) is 0 Å². The third-order valence-corrected chi connectivity index (χ3v) is 3.30. The van der Waals surface area contributed by atoms with Gasteiger partial charge in [0.05, 0.1) is 11.5 Å². The molecule has 0 aromatic heterocycles. The maximum absolute atomic E-state index is 10.8. The van der Waals surface area contributed by atoms with Crippen molar-refractivity contribution in [3.63, 3.8) is 0 Å². The molecule has 4 nitrogen and oxygen atoms in total. The minimum Gasteiger partial charge on any atom is -0.486 e. The van der Waals surface area contributed by atoms with Crippen LogP contribution in [0.15, 0.2) is 18.2 Å². The fourth-order valence-corrected chi connectivity index (χ4v) is 2.05. The van der Waals surface area contributed by atoms with Crippen LogP contribution >= 0.6 is 24.2 Å². The van der Waals surface area contributed by atoms with Crippen molar-refractivity contribution in [2.45, 2.75) is 19.8 Å². The molecule has 0 aliphatic carbocycles. The van der Waals surface area contributed by atoms with Crippen molar-refractivity contribution >= 4 is 29.9 Å². The molecule has 0 amide bonds. The molecule has 0 radical (unpaired) electrons. The minimum atomic E-state index is -0.471. The molecule has 0 heterocycles. The predicted molar refractivity (Wildman–Crippen MR) is 75.9 cm³/mol. The quantitative estimate of drug-likeness (QED) is 0.469. The Morgan fingerprint density at radius 1 is 1.56 bits per heavy atom. The highest BCUT2D eigenvalue weighted by Crippen LogP contribution is 2.30. The zero-order chi connectivity index (χ0) is 13.5. The zero-order valence-electron chi connectivity index (χ0n) is 10.1. The van der Waals surface area contributed by atoms with Gasteiger partial charge in [0.25, 0.3) is 0 Å². The van der Waals surface area contributed by atoms with Crippen LogP contribution in [0.5, 0.6) is 5.75 Å².